The van der Waals surface area contributed by atoms with Crippen LogP contribution in [0.2, 0.25) is 0 Å². The van der Waals surface area contributed by atoms with E-state index in [2.05, 4.69) is 0 Å². The molecule has 5 nitrogen and oxygen atoms in total. The summed E-state index contributed by atoms with van der Waals surface area (Å²) in [5, 5.41) is 0. The molecular formula is C32H30O5. The van der Waals surface area contributed by atoms with Crippen LogP contribution in [0.3, 0.4) is 0 Å². The summed E-state index contributed by atoms with van der Waals surface area (Å²) in [4.78, 5) is 24.6. The average molecular weight is 495 g/mol. The molecular weight excluding hydrogens is 464 g/mol. The lowest BCUT2D eigenvalue weighted by Crippen LogP contribution is -2.07. The standard InChI is InChI=1S/C32H30O5/c1-23-27(20-33)14-13-26(32(23)35-2)15-18-30(34)29-17-16-28(36-21-24-9-5-3-6-10-24)19-31(29)37-22-25-11-7-4-8-12-25/h3-14,16-17,19-20H,15,18,21-22H2,1-2H3. The Labute approximate surface area is 217 Å². The Kier molecular flexibility index (Phi) is 8.71. The van der Waals surface area contributed by atoms with E-state index in [-0.39, 0.29) is 12.2 Å². The number of benzene rings is 4. The Balaban J connectivity index is 1.53. The minimum atomic E-state index is -0.0446. The van der Waals surface area contributed by atoms with Crippen LogP contribution in [0.4, 0.5) is 0 Å². The van der Waals surface area contributed by atoms with Crippen LogP contribution in [0.25, 0.3) is 0 Å². The van der Waals surface area contributed by atoms with Crippen molar-refractivity contribution in [3.8, 4) is 17.2 Å². The van der Waals surface area contributed by atoms with Crippen molar-refractivity contribution in [2.45, 2.75) is 33.0 Å². The molecule has 0 amide bonds. The first-order valence-corrected chi connectivity index (χ1v) is 12.2. The van der Waals surface area contributed by atoms with Crippen LogP contribution in [-0.2, 0) is 19.6 Å². The number of aldehydes is 1. The number of carbonyl (C=O) groups is 2. The molecule has 4 aromatic carbocycles. The third-order valence-corrected chi connectivity index (χ3v) is 6.22. The fourth-order valence-corrected chi connectivity index (χ4v) is 4.17. The Morgan fingerprint density at radius 2 is 1.46 bits per heavy atom. The highest BCUT2D eigenvalue weighted by Gasteiger charge is 2.17. The Morgan fingerprint density at radius 1 is 0.811 bits per heavy atom. The van der Waals surface area contributed by atoms with E-state index in [1.54, 1.807) is 31.4 Å². The van der Waals surface area contributed by atoms with Crippen molar-refractivity contribution >= 4 is 12.1 Å². The smallest absolute Gasteiger partial charge is 0.166 e. The number of rotatable bonds is 12. The predicted molar refractivity (Wildman–Crippen MR) is 144 cm³/mol. The largest absolute Gasteiger partial charge is 0.496 e. The molecule has 4 rings (SSSR count). The predicted octanol–water partition coefficient (Wildman–Crippen LogP) is 6.79. The summed E-state index contributed by atoms with van der Waals surface area (Å²) in [7, 11) is 1.58. The Bertz CT molecular complexity index is 1350. The SMILES string of the molecule is COc1c(CCC(=O)c2ccc(OCc3ccccc3)cc2OCc2ccccc2)ccc(C=O)c1C. The maximum atomic E-state index is 13.3. The molecule has 0 aliphatic carbocycles. The lowest BCUT2D eigenvalue weighted by atomic mass is 9.97. The maximum Gasteiger partial charge on any atom is 0.166 e. The van der Waals surface area contributed by atoms with Crippen molar-refractivity contribution < 1.29 is 23.8 Å². The molecule has 4 aromatic rings. The van der Waals surface area contributed by atoms with Gasteiger partial charge in [-0.1, -0.05) is 72.8 Å². The zero-order chi connectivity index (χ0) is 26.0. The van der Waals surface area contributed by atoms with Gasteiger partial charge in [-0.3, -0.25) is 9.59 Å². The van der Waals surface area contributed by atoms with Crippen LogP contribution in [0.1, 0.15) is 49.4 Å². The van der Waals surface area contributed by atoms with Gasteiger partial charge in [0.15, 0.2) is 5.78 Å². The number of ether oxygens (including phenoxy) is 3. The molecule has 0 saturated heterocycles. The van der Waals surface area contributed by atoms with Crippen LogP contribution in [0.5, 0.6) is 17.2 Å². The maximum absolute atomic E-state index is 13.3. The summed E-state index contributed by atoms with van der Waals surface area (Å²) in [6, 6.07) is 28.7. The van der Waals surface area contributed by atoms with Gasteiger partial charge in [0.25, 0.3) is 0 Å². The first-order chi connectivity index (χ1) is 18.1. The van der Waals surface area contributed by atoms with Gasteiger partial charge >= 0.3 is 0 Å². The highest BCUT2D eigenvalue weighted by molar-refractivity contribution is 5.99. The number of aryl methyl sites for hydroxylation is 1. The lowest BCUT2D eigenvalue weighted by molar-refractivity contribution is 0.0977. The van der Waals surface area contributed by atoms with Gasteiger partial charge in [0.1, 0.15) is 36.7 Å². The highest BCUT2D eigenvalue weighted by Crippen LogP contribution is 2.30. The van der Waals surface area contributed by atoms with Gasteiger partial charge in [0.2, 0.25) is 0 Å². The van der Waals surface area contributed by atoms with E-state index in [0.717, 1.165) is 28.5 Å². The number of methoxy groups -OCH3 is 1. The number of hydrogen-bond donors (Lipinski definition) is 0. The molecule has 0 aliphatic rings. The molecule has 0 radical (unpaired) electrons. The van der Waals surface area contributed by atoms with E-state index in [0.29, 0.717) is 48.0 Å². The van der Waals surface area contributed by atoms with Gasteiger partial charge in [-0.25, -0.2) is 0 Å². The van der Waals surface area contributed by atoms with Gasteiger partial charge in [-0.05, 0) is 42.2 Å². The van der Waals surface area contributed by atoms with E-state index in [1.165, 1.54) is 0 Å². The molecule has 0 unspecified atom stereocenters. The van der Waals surface area contributed by atoms with Crippen LogP contribution < -0.4 is 14.2 Å². The summed E-state index contributed by atoms with van der Waals surface area (Å²) in [6.07, 6.45) is 1.55. The quantitative estimate of drug-likeness (QED) is 0.160. The monoisotopic (exact) mass is 494 g/mol. The number of Topliss-reactive ketones (excluding diaryl/α,β-unsaturated/α-hetero) is 1. The number of ketones is 1. The Hall–Kier alpha value is -4.38. The molecule has 5 heteroatoms. The zero-order valence-corrected chi connectivity index (χ0v) is 21.1. The first kappa shape index (κ1) is 25.7. The van der Waals surface area contributed by atoms with E-state index < -0.39 is 0 Å². The molecule has 0 N–H and O–H groups in total. The van der Waals surface area contributed by atoms with Crippen molar-refractivity contribution in [3.63, 3.8) is 0 Å². The van der Waals surface area contributed by atoms with Crippen LogP contribution >= 0.6 is 0 Å². The lowest BCUT2D eigenvalue weighted by Gasteiger charge is -2.15. The van der Waals surface area contributed by atoms with E-state index in [9.17, 15) is 9.59 Å². The molecule has 0 bridgehead atoms. The van der Waals surface area contributed by atoms with Crippen molar-refractivity contribution in [1.82, 2.24) is 0 Å². The van der Waals surface area contributed by atoms with Crippen LogP contribution in [-0.4, -0.2) is 19.2 Å². The highest BCUT2D eigenvalue weighted by atomic mass is 16.5. The topological polar surface area (TPSA) is 61.8 Å². The van der Waals surface area contributed by atoms with Gasteiger partial charge in [0.05, 0.1) is 12.7 Å². The minimum Gasteiger partial charge on any atom is -0.496 e. The van der Waals surface area contributed by atoms with Crippen molar-refractivity contribution in [1.29, 1.82) is 0 Å². The summed E-state index contributed by atoms with van der Waals surface area (Å²) < 4.78 is 17.6. The molecule has 0 spiro atoms. The summed E-state index contributed by atoms with van der Waals surface area (Å²) >= 11 is 0. The second kappa shape index (κ2) is 12.5. The molecule has 0 fully saturated rings. The summed E-state index contributed by atoms with van der Waals surface area (Å²) in [5.41, 5.74) is 4.80. The molecule has 37 heavy (non-hydrogen) atoms. The first-order valence-electron chi connectivity index (χ1n) is 12.2. The van der Waals surface area contributed by atoms with Crippen LogP contribution in [0, 0.1) is 6.92 Å². The van der Waals surface area contributed by atoms with E-state index in [1.807, 2.05) is 73.7 Å². The number of hydrogen-bond acceptors (Lipinski definition) is 5. The molecule has 0 atom stereocenters. The van der Waals surface area contributed by atoms with Gasteiger partial charge < -0.3 is 14.2 Å². The van der Waals surface area contributed by atoms with Crippen LogP contribution in [0.15, 0.2) is 91.0 Å². The molecule has 0 aromatic heterocycles. The third kappa shape index (κ3) is 6.64. The summed E-state index contributed by atoms with van der Waals surface area (Å²) in [5.74, 6) is 1.71. The molecule has 188 valence electrons. The van der Waals surface area contributed by atoms with Gasteiger partial charge in [-0.2, -0.15) is 0 Å². The Morgan fingerprint density at radius 3 is 2.08 bits per heavy atom. The average Bonchev–Trinajstić information content (AvgIpc) is 2.95. The second-order valence-corrected chi connectivity index (χ2v) is 8.72. The van der Waals surface area contributed by atoms with Crippen molar-refractivity contribution in [2.24, 2.45) is 0 Å². The van der Waals surface area contributed by atoms with Crippen molar-refractivity contribution in [2.75, 3.05) is 7.11 Å². The summed E-state index contributed by atoms with van der Waals surface area (Å²) in [6.45, 7) is 2.60. The fourth-order valence-electron chi connectivity index (χ4n) is 4.17. The van der Waals surface area contributed by atoms with E-state index in [4.69, 9.17) is 14.2 Å². The second-order valence-electron chi connectivity index (χ2n) is 8.72. The van der Waals surface area contributed by atoms with Gasteiger partial charge in [0, 0.05) is 23.6 Å². The number of carbonyl (C=O) groups excluding carboxylic acids is 2. The molecule has 0 heterocycles. The minimum absolute atomic E-state index is 0.0446. The van der Waals surface area contributed by atoms with Gasteiger partial charge in [-0.15, -0.1) is 0 Å². The fraction of sp³-hybridized carbons (Fsp3) is 0.188. The third-order valence-electron chi connectivity index (χ3n) is 6.22. The molecule has 0 aliphatic heterocycles. The normalized spacial score (nSPS) is 10.5. The van der Waals surface area contributed by atoms with Crippen molar-refractivity contribution in [3.05, 3.63) is 124 Å². The molecule has 0 saturated carbocycles. The van der Waals surface area contributed by atoms with E-state index >= 15 is 0 Å². The zero-order valence-electron chi connectivity index (χ0n) is 21.1.